The van der Waals surface area contributed by atoms with Gasteiger partial charge in [-0.2, -0.15) is 0 Å². The van der Waals surface area contributed by atoms with Crippen LogP contribution in [0.3, 0.4) is 0 Å². The lowest BCUT2D eigenvalue weighted by molar-refractivity contribution is 0.0931. The van der Waals surface area contributed by atoms with E-state index in [4.69, 9.17) is 16.3 Å². The first-order chi connectivity index (χ1) is 9.81. The Morgan fingerprint density at radius 1 is 1.29 bits per heavy atom. The van der Waals surface area contributed by atoms with Gasteiger partial charge in [0.2, 0.25) is 0 Å². The zero-order valence-electron chi connectivity index (χ0n) is 13.9. The minimum atomic E-state index is 0.0185. The van der Waals surface area contributed by atoms with E-state index < -0.39 is 0 Å². The number of ketones is 1. The number of nitrogens with zero attached hydrogens (tertiary/aromatic N) is 1. The number of Topliss-reactive ketones (excluding diaryl/α,β-unsaturated/α-hetero) is 1. The maximum absolute atomic E-state index is 12.7. The summed E-state index contributed by atoms with van der Waals surface area (Å²) in [5.41, 5.74) is 2.36. The molecular formula is C17H26ClNO2. The van der Waals surface area contributed by atoms with E-state index in [2.05, 4.69) is 18.7 Å². The van der Waals surface area contributed by atoms with Crippen LogP contribution in [0.2, 0.25) is 5.02 Å². The number of carbonyl (C=O) groups is 1. The van der Waals surface area contributed by atoms with E-state index in [1.54, 1.807) is 0 Å². The first kappa shape index (κ1) is 18.0. The molecule has 1 aromatic carbocycles. The van der Waals surface area contributed by atoms with Gasteiger partial charge in [-0.15, -0.1) is 0 Å². The molecule has 0 saturated carbocycles. The van der Waals surface area contributed by atoms with Gasteiger partial charge in [0.1, 0.15) is 5.75 Å². The molecule has 0 bridgehead atoms. The molecule has 21 heavy (non-hydrogen) atoms. The monoisotopic (exact) mass is 311 g/mol. The predicted molar refractivity (Wildman–Crippen MR) is 88.8 cm³/mol. The number of benzene rings is 1. The second kappa shape index (κ2) is 7.81. The molecule has 0 heterocycles. The van der Waals surface area contributed by atoms with Crippen LogP contribution in [0.15, 0.2) is 6.07 Å². The summed E-state index contributed by atoms with van der Waals surface area (Å²) in [6.45, 7) is 13.9. The lowest BCUT2D eigenvalue weighted by Crippen LogP contribution is -2.30. The SMILES string of the molecule is CCN(CC)CC(=O)c1c(OC(C)C)cc(C)c(Cl)c1C. The van der Waals surface area contributed by atoms with Crippen molar-refractivity contribution < 1.29 is 9.53 Å². The summed E-state index contributed by atoms with van der Waals surface area (Å²) in [4.78, 5) is 14.8. The summed E-state index contributed by atoms with van der Waals surface area (Å²) >= 11 is 6.32. The molecule has 0 fully saturated rings. The van der Waals surface area contributed by atoms with Gasteiger partial charge in [-0.25, -0.2) is 0 Å². The number of halogens is 1. The lowest BCUT2D eigenvalue weighted by Gasteiger charge is -2.21. The van der Waals surface area contributed by atoms with Crippen molar-refractivity contribution in [3.05, 3.63) is 27.8 Å². The standard InChI is InChI=1S/C17H26ClNO2/c1-7-19(8-2)10-14(20)16-13(6)17(18)12(5)9-15(16)21-11(3)4/h9,11H,7-8,10H2,1-6H3. The average molecular weight is 312 g/mol. The molecule has 0 unspecified atom stereocenters. The Kier molecular flexibility index (Phi) is 6.69. The second-order valence-electron chi connectivity index (χ2n) is 5.56. The Morgan fingerprint density at radius 3 is 2.33 bits per heavy atom. The van der Waals surface area contributed by atoms with Crippen molar-refractivity contribution in [3.8, 4) is 5.75 Å². The van der Waals surface area contributed by atoms with E-state index in [9.17, 15) is 4.79 Å². The zero-order valence-corrected chi connectivity index (χ0v) is 14.7. The number of hydrogen-bond acceptors (Lipinski definition) is 3. The molecule has 0 aromatic heterocycles. The third-order valence-electron chi connectivity index (χ3n) is 3.55. The van der Waals surface area contributed by atoms with Gasteiger partial charge < -0.3 is 4.74 Å². The lowest BCUT2D eigenvalue weighted by atomic mass is 10.00. The molecule has 0 atom stereocenters. The van der Waals surface area contributed by atoms with Crippen LogP contribution in [0.1, 0.15) is 49.2 Å². The molecule has 0 aliphatic carbocycles. The highest BCUT2D eigenvalue weighted by Gasteiger charge is 2.21. The molecule has 1 rings (SSSR count). The quantitative estimate of drug-likeness (QED) is 0.704. The van der Waals surface area contributed by atoms with Gasteiger partial charge in [0, 0.05) is 5.02 Å². The fourth-order valence-electron chi connectivity index (χ4n) is 2.35. The van der Waals surface area contributed by atoms with Crippen molar-refractivity contribution in [2.75, 3.05) is 19.6 Å². The highest BCUT2D eigenvalue weighted by atomic mass is 35.5. The maximum Gasteiger partial charge on any atom is 0.180 e. The molecule has 0 radical (unpaired) electrons. The first-order valence-electron chi connectivity index (χ1n) is 7.53. The van der Waals surface area contributed by atoms with Crippen molar-refractivity contribution in [1.82, 2.24) is 4.90 Å². The van der Waals surface area contributed by atoms with Gasteiger partial charge in [0.15, 0.2) is 5.78 Å². The Balaban J connectivity index is 3.25. The van der Waals surface area contributed by atoms with Crippen LogP contribution in [0.5, 0.6) is 5.75 Å². The second-order valence-corrected chi connectivity index (χ2v) is 5.93. The summed E-state index contributed by atoms with van der Waals surface area (Å²) in [5.74, 6) is 0.704. The highest BCUT2D eigenvalue weighted by Crippen LogP contribution is 2.32. The van der Waals surface area contributed by atoms with Gasteiger partial charge >= 0.3 is 0 Å². The molecule has 0 N–H and O–H groups in total. The number of hydrogen-bond donors (Lipinski definition) is 0. The van der Waals surface area contributed by atoms with E-state index in [1.165, 1.54) is 0 Å². The fraction of sp³-hybridized carbons (Fsp3) is 0.588. The van der Waals surface area contributed by atoms with Crippen molar-refractivity contribution in [2.24, 2.45) is 0 Å². The van der Waals surface area contributed by atoms with Crippen LogP contribution in [-0.4, -0.2) is 36.4 Å². The number of aryl methyl sites for hydroxylation is 1. The normalized spacial score (nSPS) is 11.3. The fourth-order valence-corrected chi connectivity index (χ4v) is 2.49. The summed E-state index contributed by atoms with van der Waals surface area (Å²) in [5, 5.41) is 0.647. The molecule has 1 aromatic rings. The van der Waals surface area contributed by atoms with E-state index >= 15 is 0 Å². The van der Waals surface area contributed by atoms with Crippen molar-refractivity contribution >= 4 is 17.4 Å². The Bertz CT molecular complexity index is 508. The number of ether oxygens (including phenoxy) is 1. The van der Waals surface area contributed by atoms with Gasteiger partial charge in [-0.05, 0) is 58.0 Å². The Labute approximate surface area is 133 Å². The number of carbonyl (C=O) groups excluding carboxylic acids is 1. The van der Waals surface area contributed by atoms with E-state index in [1.807, 2.05) is 33.8 Å². The largest absolute Gasteiger partial charge is 0.490 e. The summed E-state index contributed by atoms with van der Waals surface area (Å²) < 4.78 is 5.83. The average Bonchev–Trinajstić information content (AvgIpc) is 2.41. The number of rotatable bonds is 7. The molecule has 0 saturated heterocycles. The summed E-state index contributed by atoms with van der Waals surface area (Å²) in [6, 6.07) is 1.87. The minimum absolute atomic E-state index is 0.0185. The molecule has 3 nitrogen and oxygen atoms in total. The molecule has 118 valence electrons. The third kappa shape index (κ3) is 4.45. The highest BCUT2D eigenvalue weighted by molar-refractivity contribution is 6.32. The third-order valence-corrected chi connectivity index (χ3v) is 4.13. The van der Waals surface area contributed by atoms with E-state index in [0.29, 0.717) is 22.9 Å². The van der Waals surface area contributed by atoms with Crippen LogP contribution in [0, 0.1) is 13.8 Å². The van der Waals surface area contributed by atoms with Gasteiger partial charge in [-0.3, -0.25) is 9.69 Å². The number of likely N-dealkylation sites (N-methyl/N-ethyl adjacent to an activating group) is 1. The first-order valence-corrected chi connectivity index (χ1v) is 7.91. The van der Waals surface area contributed by atoms with Crippen molar-refractivity contribution in [2.45, 2.75) is 47.6 Å². The maximum atomic E-state index is 12.7. The molecular weight excluding hydrogens is 286 g/mol. The topological polar surface area (TPSA) is 29.5 Å². The van der Waals surface area contributed by atoms with Gasteiger partial charge in [-0.1, -0.05) is 25.4 Å². The van der Waals surface area contributed by atoms with Crippen LogP contribution in [0.4, 0.5) is 0 Å². The summed E-state index contributed by atoms with van der Waals surface area (Å²) in [6.07, 6.45) is 0.0185. The van der Waals surface area contributed by atoms with Gasteiger partial charge in [0.05, 0.1) is 18.2 Å². The molecule has 0 aliphatic rings. The smallest absolute Gasteiger partial charge is 0.180 e. The minimum Gasteiger partial charge on any atom is -0.490 e. The van der Waals surface area contributed by atoms with Crippen LogP contribution in [-0.2, 0) is 0 Å². The summed E-state index contributed by atoms with van der Waals surface area (Å²) in [7, 11) is 0. The predicted octanol–water partition coefficient (Wildman–Crippen LogP) is 4.27. The molecule has 0 aliphatic heterocycles. The molecule has 4 heteroatoms. The Hall–Kier alpha value is -1.06. The van der Waals surface area contributed by atoms with E-state index in [0.717, 1.165) is 24.2 Å². The van der Waals surface area contributed by atoms with Crippen LogP contribution >= 0.6 is 11.6 Å². The van der Waals surface area contributed by atoms with Crippen molar-refractivity contribution in [3.63, 3.8) is 0 Å². The van der Waals surface area contributed by atoms with E-state index in [-0.39, 0.29) is 11.9 Å². The Morgan fingerprint density at radius 2 is 1.86 bits per heavy atom. The van der Waals surface area contributed by atoms with Gasteiger partial charge in [0.25, 0.3) is 0 Å². The zero-order chi connectivity index (χ0) is 16.2. The van der Waals surface area contributed by atoms with Crippen LogP contribution in [0.25, 0.3) is 0 Å². The van der Waals surface area contributed by atoms with Crippen molar-refractivity contribution in [1.29, 1.82) is 0 Å². The molecule has 0 spiro atoms. The van der Waals surface area contributed by atoms with Crippen LogP contribution < -0.4 is 4.74 Å². The molecule has 0 amide bonds.